The minimum absolute atomic E-state index is 0.0128. The number of benzene rings is 1. The van der Waals surface area contributed by atoms with E-state index in [1.165, 1.54) is 0 Å². The molecule has 0 aliphatic heterocycles. The summed E-state index contributed by atoms with van der Waals surface area (Å²) >= 11 is 0. The van der Waals surface area contributed by atoms with E-state index < -0.39 is 0 Å². The van der Waals surface area contributed by atoms with Gasteiger partial charge in [-0.25, -0.2) is 0 Å². The van der Waals surface area contributed by atoms with Crippen molar-refractivity contribution in [1.82, 2.24) is 10.3 Å². The lowest BCUT2D eigenvalue weighted by Gasteiger charge is -2.10. The van der Waals surface area contributed by atoms with E-state index >= 15 is 0 Å². The molecular formula is C12H15N3O. The molecule has 16 heavy (non-hydrogen) atoms. The Labute approximate surface area is 93.8 Å². The largest absolute Gasteiger partial charge is 0.360 e. The fraction of sp³-hybridized carbons (Fsp3) is 0.250. The normalized spacial score (nSPS) is 12.6. The first-order chi connectivity index (χ1) is 7.72. The minimum Gasteiger partial charge on any atom is -0.360 e. The van der Waals surface area contributed by atoms with Crippen molar-refractivity contribution in [3.05, 3.63) is 36.0 Å². The molecule has 1 heterocycles. The van der Waals surface area contributed by atoms with Crippen LogP contribution in [0, 0.1) is 0 Å². The van der Waals surface area contributed by atoms with Gasteiger partial charge in [0.25, 0.3) is 5.91 Å². The average molecular weight is 217 g/mol. The summed E-state index contributed by atoms with van der Waals surface area (Å²) in [6.07, 6.45) is 1.73. The summed E-state index contributed by atoms with van der Waals surface area (Å²) < 4.78 is 0. The summed E-state index contributed by atoms with van der Waals surface area (Å²) in [6.45, 7) is 2.32. The van der Waals surface area contributed by atoms with E-state index in [9.17, 15) is 4.79 Å². The molecule has 0 unspecified atom stereocenters. The first-order valence-electron chi connectivity index (χ1n) is 5.29. The smallest absolute Gasteiger partial charge is 0.253 e. The first-order valence-corrected chi connectivity index (χ1v) is 5.29. The zero-order valence-electron chi connectivity index (χ0n) is 9.16. The van der Waals surface area contributed by atoms with Gasteiger partial charge in [-0.1, -0.05) is 18.2 Å². The Morgan fingerprint density at radius 1 is 1.50 bits per heavy atom. The molecule has 1 aromatic heterocycles. The van der Waals surface area contributed by atoms with Crippen LogP contribution < -0.4 is 11.1 Å². The van der Waals surface area contributed by atoms with Crippen molar-refractivity contribution in [1.29, 1.82) is 0 Å². The van der Waals surface area contributed by atoms with E-state index in [4.69, 9.17) is 5.73 Å². The number of hydrogen-bond acceptors (Lipinski definition) is 2. The average Bonchev–Trinajstić information content (AvgIpc) is 2.72. The van der Waals surface area contributed by atoms with Crippen molar-refractivity contribution in [3.63, 3.8) is 0 Å². The Morgan fingerprint density at radius 3 is 3.00 bits per heavy atom. The lowest BCUT2D eigenvalue weighted by atomic mass is 10.1. The number of hydrogen-bond donors (Lipinski definition) is 3. The topological polar surface area (TPSA) is 70.9 Å². The number of aromatic nitrogens is 1. The molecule has 1 amide bonds. The second-order valence-corrected chi connectivity index (χ2v) is 3.86. The van der Waals surface area contributed by atoms with Crippen LogP contribution in [0.2, 0.25) is 0 Å². The number of carbonyl (C=O) groups is 1. The van der Waals surface area contributed by atoms with E-state index in [2.05, 4.69) is 10.3 Å². The molecule has 2 aromatic rings. The summed E-state index contributed by atoms with van der Waals surface area (Å²) in [7, 11) is 0. The highest BCUT2D eigenvalue weighted by molar-refractivity contribution is 6.06. The highest BCUT2D eigenvalue weighted by Crippen LogP contribution is 2.17. The predicted octanol–water partition coefficient (Wildman–Crippen LogP) is 1.24. The third-order valence-electron chi connectivity index (χ3n) is 2.56. The van der Waals surface area contributed by atoms with Crippen LogP contribution in [-0.4, -0.2) is 23.5 Å². The van der Waals surface area contributed by atoms with Gasteiger partial charge in [-0.2, -0.15) is 0 Å². The predicted molar refractivity (Wildman–Crippen MR) is 64.3 cm³/mol. The van der Waals surface area contributed by atoms with Crippen LogP contribution in [0.25, 0.3) is 10.9 Å². The Balaban J connectivity index is 2.30. The molecule has 0 saturated heterocycles. The van der Waals surface area contributed by atoms with Crippen LogP contribution in [0.5, 0.6) is 0 Å². The number of nitrogens with two attached hydrogens (primary N) is 1. The van der Waals surface area contributed by atoms with Gasteiger partial charge in [0.2, 0.25) is 0 Å². The monoisotopic (exact) mass is 217 g/mol. The van der Waals surface area contributed by atoms with Crippen LogP contribution in [0.1, 0.15) is 17.3 Å². The van der Waals surface area contributed by atoms with Crippen molar-refractivity contribution in [2.45, 2.75) is 13.0 Å². The fourth-order valence-electron chi connectivity index (χ4n) is 1.62. The molecule has 0 bridgehead atoms. The lowest BCUT2D eigenvalue weighted by molar-refractivity contribution is 0.0943. The molecule has 84 valence electrons. The number of nitrogens with one attached hydrogen (secondary N) is 2. The van der Waals surface area contributed by atoms with Crippen molar-refractivity contribution < 1.29 is 4.79 Å². The van der Waals surface area contributed by atoms with E-state index in [1.807, 2.05) is 31.2 Å². The number of para-hydroxylation sites is 1. The van der Waals surface area contributed by atoms with Crippen molar-refractivity contribution >= 4 is 16.8 Å². The number of fused-ring (bicyclic) bond motifs is 1. The Bertz CT molecular complexity index is 504. The SMILES string of the molecule is C[C@H](CN)NC(=O)c1c[nH]c2ccccc12. The summed E-state index contributed by atoms with van der Waals surface area (Å²) in [5.74, 6) is -0.0876. The Morgan fingerprint density at radius 2 is 2.25 bits per heavy atom. The number of rotatable bonds is 3. The molecule has 1 atom stereocenters. The summed E-state index contributed by atoms with van der Waals surface area (Å²) in [4.78, 5) is 15.0. The number of amides is 1. The molecule has 0 saturated carbocycles. The maximum absolute atomic E-state index is 11.9. The first kappa shape index (κ1) is 10.7. The van der Waals surface area contributed by atoms with E-state index in [-0.39, 0.29) is 11.9 Å². The highest BCUT2D eigenvalue weighted by atomic mass is 16.1. The zero-order chi connectivity index (χ0) is 11.5. The second-order valence-electron chi connectivity index (χ2n) is 3.86. The molecule has 1 aromatic carbocycles. The summed E-state index contributed by atoms with van der Waals surface area (Å²) in [5, 5.41) is 3.77. The summed E-state index contributed by atoms with van der Waals surface area (Å²) in [5.41, 5.74) is 7.09. The molecule has 0 radical (unpaired) electrons. The Kier molecular flexibility index (Phi) is 2.92. The molecule has 4 nitrogen and oxygen atoms in total. The third-order valence-corrected chi connectivity index (χ3v) is 2.56. The molecule has 4 N–H and O–H groups in total. The van der Waals surface area contributed by atoms with Gasteiger partial charge < -0.3 is 16.0 Å². The van der Waals surface area contributed by atoms with Crippen LogP contribution in [0.4, 0.5) is 0 Å². The maximum Gasteiger partial charge on any atom is 0.253 e. The number of aromatic amines is 1. The van der Waals surface area contributed by atoms with Crippen LogP contribution >= 0.6 is 0 Å². The van der Waals surface area contributed by atoms with Gasteiger partial charge in [0.1, 0.15) is 0 Å². The van der Waals surface area contributed by atoms with Gasteiger partial charge in [-0.15, -0.1) is 0 Å². The fourth-order valence-corrected chi connectivity index (χ4v) is 1.62. The zero-order valence-corrected chi connectivity index (χ0v) is 9.16. The maximum atomic E-state index is 11.9. The van der Waals surface area contributed by atoms with Gasteiger partial charge in [0.15, 0.2) is 0 Å². The quantitative estimate of drug-likeness (QED) is 0.724. The van der Waals surface area contributed by atoms with Crippen molar-refractivity contribution in [3.8, 4) is 0 Å². The van der Waals surface area contributed by atoms with Gasteiger partial charge in [0, 0.05) is 29.7 Å². The summed E-state index contributed by atoms with van der Waals surface area (Å²) in [6, 6.07) is 7.70. The van der Waals surface area contributed by atoms with Crippen LogP contribution in [0.15, 0.2) is 30.5 Å². The van der Waals surface area contributed by atoms with Crippen LogP contribution in [-0.2, 0) is 0 Å². The number of H-pyrrole nitrogens is 1. The molecule has 0 fully saturated rings. The molecule has 0 aliphatic rings. The van der Waals surface area contributed by atoms with Gasteiger partial charge in [-0.05, 0) is 13.0 Å². The molecule has 0 spiro atoms. The van der Waals surface area contributed by atoms with Crippen molar-refractivity contribution in [2.24, 2.45) is 5.73 Å². The lowest BCUT2D eigenvalue weighted by Crippen LogP contribution is -2.37. The Hall–Kier alpha value is -1.81. The van der Waals surface area contributed by atoms with Crippen LogP contribution in [0.3, 0.4) is 0 Å². The molecule has 0 aliphatic carbocycles. The standard InChI is InChI=1S/C12H15N3O/c1-8(6-13)15-12(16)10-7-14-11-5-3-2-4-9(10)11/h2-5,7-8,14H,6,13H2,1H3,(H,15,16)/t8-/m1/s1. The van der Waals surface area contributed by atoms with Crippen molar-refractivity contribution in [2.75, 3.05) is 6.54 Å². The van der Waals surface area contributed by atoms with Gasteiger partial charge >= 0.3 is 0 Å². The van der Waals surface area contributed by atoms with E-state index in [0.717, 1.165) is 10.9 Å². The van der Waals surface area contributed by atoms with E-state index in [0.29, 0.717) is 12.1 Å². The number of carbonyl (C=O) groups excluding carboxylic acids is 1. The molecule has 4 heteroatoms. The van der Waals surface area contributed by atoms with E-state index in [1.54, 1.807) is 6.20 Å². The molecule has 2 rings (SSSR count). The van der Waals surface area contributed by atoms with Gasteiger partial charge in [-0.3, -0.25) is 4.79 Å². The second kappa shape index (κ2) is 4.37. The minimum atomic E-state index is -0.0876. The molecular weight excluding hydrogens is 202 g/mol. The third kappa shape index (κ3) is 1.92. The highest BCUT2D eigenvalue weighted by Gasteiger charge is 2.12. The van der Waals surface area contributed by atoms with Gasteiger partial charge in [0.05, 0.1) is 5.56 Å².